The SMILES string of the molecule is Cc1cc(Nc2nccc(C(F)(F)F)n2)cc(-c2ccc(CCc3noc(=O)[nH]3)nc2)c1. The zero-order chi connectivity index (χ0) is 22.7. The van der Waals surface area contributed by atoms with E-state index in [9.17, 15) is 18.0 Å². The number of nitrogens with one attached hydrogen (secondary N) is 2. The summed E-state index contributed by atoms with van der Waals surface area (Å²) in [7, 11) is 0. The largest absolute Gasteiger partial charge is 0.438 e. The van der Waals surface area contributed by atoms with Crippen LogP contribution in [-0.2, 0) is 19.0 Å². The van der Waals surface area contributed by atoms with Gasteiger partial charge in [0.1, 0.15) is 5.69 Å². The lowest BCUT2D eigenvalue weighted by atomic mass is 10.0. The van der Waals surface area contributed by atoms with Crippen LogP contribution in [0.4, 0.5) is 24.8 Å². The summed E-state index contributed by atoms with van der Waals surface area (Å²) in [6.07, 6.45) is -0.732. The van der Waals surface area contributed by atoms with Crippen molar-refractivity contribution in [1.82, 2.24) is 25.1 Å². The fourth-order valence-electron chi connectivity index (χ4n) is 3.09. The molecule has 4 rings (SSSR count). The standard InChI is InChI=1S/C21H17F3N6O2/c1-12-8-14(10-16(9-12)27-19-25-7-6-17(28-19)21(22,23)24)13-2-3-15(26-11-13)4-5-18-29-20(31)32-30-18/h2-3,6-11H,4-5H2,1H3,(H,25,27,28)(H,29,30,31). The van der Waals surface area contributed by atoms with E-state index in [0.29, 0.717) is 24.4 Å². The van der Waals surface area contributed by atoms with Gasteiger partial charge in [-0.3, -0.25) is 14.5 Å². The molecule has 0 saturated heterocycles. The van der Waals surface area contributed by atoms with Crippen molar-refractivity contribution in [1.29, 1.82) is 0 Å². The summed E-state index contributed by atoms with van der Waals surface area (Å²) < 4.78 is 43.1. The number of nitrogens with zero attached hydrogens (tertiary/aromatic N) is 4. The Labute approximate surface area is 179 Å². The van der Waals surface area contributed by atoms with Crippen molar-refractivity contribution in [3.63, 3.8) is 0 Å². The van der Waals surface area contributed by atoms with Gasteiger partial charge in [-0.2, -0.15) is 13.2 Å². The molecule has 0 unspecified atom stereocenters. The first kappa shape index (κ1) is 21.2. The summed E-state index contributed by atoms with van der Waals surface area (Å²) in [4.78, 5) is 25.3. The van der Waals surface area contributed by atoms with E-state index >= 15 is 0 Å². The van der Waals surface area contributed by atoms with Gasteiger partial charge in [0.2, 0.25) is 5.95 Å². The lowest BCUT2D eigenvalue weighted by molar-refractivity contribution is -0.141. The third-order valence-corrected chi connectivity index (χ3v) is 4.54. The van der Waals surface area contributed by atoms with Crippen LogP contribution in [0.25, 0.3) is 11.1 Å². The van der Waals surface area contributed by atoms with Gasteiger partial charge in [0.25, 0.3) is 0 Å². The van der Waals surface area contributed by atoms with Crippen molar-refractivity contribution >= 4 is 11.6 Å². The number of hydrogen-bond donors (Lipinski definition) is 2. The molecule has 0 aliphatic heterocycles. The number of halogens is 3. The van der Waals surface area contributed by atoms with Crippen molar-refractivity contribution < 1.29 is 17.7 Å². The summed E-state index contributed by atoms with van der Waals surface area (Å²) in [5.41, 5.74) is 2.91. The second-order valence-electron chi connectivity index (χ2n) is 7.06. The number of anilines is 2. The van der Waals surface area contributed by atoms with Gasteiger partial charge in [-0.15, -0.1) is 0 Å². The molecule has 4 aromatic rings. The summed E-state index contributed by atoms with van der Waals surface area (Å²) >= 11 is 0. The predicted molar refractivity (Wildman–Crippen MR) is 109 cm³/mol. The molecule has 0 aliphatic carbocycles. The van der Waals surface area contributed by atoms with E-state index in [1.165, 1.54) is 0 Å². The predicted octanol–water partition coefficient (Wildman–Crippen LogP) is 4.07. The fraction of sp³-hybridized carbons (Fsp3) is 0.190. The van der Waals surface area contributed by atoms with Gasteiger partial charge in [0, 0.05) is 35.8 Å². The molecular weight excluding hydrogens is 425 g/mol. The molecule has 164 valence electrons. The van der Waals surface area contributed by atoms with Crippen LogP contribution in [0, 0.1) is 6.92 Å². The lowest BCUT2D eigenvalue weighted by Gasteiger charge is -2.11. The smallest absolute Gasteiger partial charge is 0.324 e. The summed E-state index contributed by atoms with van der Waals surface area (Å²) in [5.74, 6) is -0.287. The molecule has 3 heterocycles. The Bertz CT molecular complexity index is 1280. The molecule has 0 spiro atoms. The third-order valence-electron chi connectivity index (χ3n) is 4.54. The second kappa shape index (κ2) is 8.61. The van der Waals surface area contributed by atoms with Crippen LogP contribution >= 0.6 is 0 Å². The van der Waals surface area contributed by atoms with Crippen LogP contribution in [0.1, 0.15) is 22.8 Å². The molecule has 0 aliphatic rings. The monoisotopic (exact) mass is 442 g/mol. The van der Waals surface area contributed by atoms with E-state index in [4.69, 9.17) is 0 Å². The molecule has 0 saturated carbocycles. The minimum Gasteiger partial charge on any atom is -0.324 e. The molecule has 11 heteroatoms. The van der Waals surface area contributed by atoms with E-state index in [-0.39, 0.29) is 5.95 Å². The normalized spacial score (nSPS) is 11.5. The Morgan fingerprint density at radius 1 is 1.06 bits per heavy atom. The number of hydrogen-bond acceptors (Lipinski definition) is 7. The first-order valence-electron chi connectivity index (χ1n) is 9.55. The fourth-order valence-corrected chi connectivity index (χ4v) is 3.09. The van der Waals surface area contributed by atoms with Crippen molar-refractivity contribution in [3.8, 4) is 11.1 Å². The van der Waals surface area contributed by atoms with Crippen LogP contribution in [0.3, 0.4) is 0 Å². The van der Waals surface area contributed by atoms with Gasteiger partial charge in [-0.1, -0.05) is 17.3 Å². The van der Waals surface area contributed by atoms with E-state index in [2.05, 4.69) is 34.9 Å². The number of pyridine rings is 1. The number of aryl methyl sites for hydroxylation is 3. The topological polar surface area (TPSA) is 110 Å². The van der Waals surface area contributed by atoms with Crippen LogP contribution in [-0.4, -0.2) is 25.1 Å². The van der Waals surface area contributed by atoms with Gasteiger partial charge in [-0.25, -0.2) is 14.8 Å². The minimum atomic E-state index is -4.55. The number of alkyl halides is 3. The van der Waals surface area contributed by atoms with Crippen molar-refractivity contribution in [2.75, 3.05) is 5.32 Å². The molecule has 0 fully saturated rings. The van der Waals surface area contributed by atoms with Gasteiger partial charge in [0.15, 0.2) is 5.82 Å². The van der Waals surface area contributed by atoms with E-state index in [0.717, 1.165) is 34.6 Å². The van der Waals surface area contributed by atoms with Crippen LogP contribution < -0.4 is 11.1 Å². The maximum Gasteiger partial charge on any atom is 0.438 e. The van der Waals surface area contributed by atoms with Gasteiger partial charge in [0.05, 0.1) is 0 Å². The van der Waals surface area contributed by atoms with Crippen LogP contribution in [0.5, 0.6) is 0 Å². The first-order chi connectivity index (χ1) is 15.3. The van der Waals surface area contributed by atoms with E-state index in [1.54, 1.807) is 18.3 Å². The van der Waals surface area contributed by atoms with Crippen molar-refractivity contribution in [2.45, 2.75) is 25.9 Å². The molecule has 1 aromatic carbocycles. The van der Waals surface area contributed by atoms with Crippen LogP contribution in [0.15, 0.2) is 58.1 Å². The Balaban J connectivity index is 1.50. The highest BCUT2D eigenvalue weighted by Gasteiger charge is 2.32. The zero-order valence-electron chi connectivity index (χ0n) is 16.8. The second-order valence-corrected chi connectivity index (χ2v) is 7.06. The molecule has 8 nitrogen and oxygen atoms in total. The molecule has 32 heavy (non-hydrogen) atoms. The number of rotatable bonds is 6. The molecule has 0 amide bonds. The maximum absolute atomic E-state index is 12.9. The average molecular weight is 442 g/mol. The van der Waals surface area contributed by atoms with E-state index < -0.39 is 17.6 Å². The zero-order valence-corrected chi connectivity index (χ0v) is 16.8. The lowest BCUT2D eigenvalue weighted by Crippen LogP contribution is -2.10. The Hall–Kier alpha value is -4.02. The summed E-state index contributed by atoms with van der Waals surface area (Å²) in [6.45, 7) is 1.88. The third kappa shape index (κ3) is 5.17. The number of H-pyrrole nitrogens is 1. The Kier molecular flexibility index (Phi) is 5.71. The van der Waals surface area contributed by atoms with Crippen molar-refractivity contribution in [2.24, 2.45) is 0 Å². The summed E-state index contributed by atoms with van der Waals surface area (Å²) in [6, 6.07) is 10.1. The Morgan fingerprint density at radius 3 is 2.59 bits per heavy atom. The highest BCUT2D eigenvalue weighted by molar-refractivity contribution is 5.70. The van der Waals surface area contributed by atoms with Gasteiger partial charge < -0.3 is 5.32 Å². The quantitative estimate of drug-likeness (QED) is 0.463. The number of aromatic amines is 1. The summed E-state index contributed by atoms with van der Waals surface area (Å²) in [5, 5.41) is 6.45. The molecule has 0 atom stereocenters. The maximum atomic E-state index is 12.9. The molecule has 2 N–H and O–H groups in total. The Morgan fingerprint density at radius 2 is 1.91 bits per heavy atom. The average Bonchev–Trinajstić information content (AvgIpc) is 3.17. The van der Waals surface area contributed by atoms with Gasteiger partial charge in [-0.05, 0) is 48.7 Å². The highest BCUT2D eigenvalue weighted by Crippen LogP contribution is 2.29. The van der Waals surface area contributed by atoms with Gasteiger partial charge >= 0.3 is 11.9 Å². The molecule has 0 radical (unpaired) electrons. The molecule has 3 aromatic heterocycles. The molecular formula is C21H17F3N6O2. The molecule has 0 bridgehead atoms. The number of aromatic nitrogens is 5. The number of benzene rings is 1. The van der Waals surface area contributed by atoms with E-state index in [1.807, 2.05) is 25.1 Å². The van der Waals surface area contributed by atoms with Crippen LogP contribution in [0.2, 0.25) is 0 Å². The van der Waals surface area contributed by atoms with Crippen molar-refractivity contribution in [3.05, 3.63) is 82.1 Å². The highest BCUT2D eigenvalue weighted by atomic mass is 19.4. The minimum absolute atomic E-state index is 0.143. The first-order valence-corrected chi connectivity index (χ1v) is 9.55.